The molecule has 0 atom stereocenters. The van der Waals surface area contributed by atoms with E-state index in [-0.39, 0.29) is 10.6 Å². The molecular formula is C18H12O4S. The van der Waals surface area contributed by atoms with E-state index < -0.39 is 10.1 Å². The summed E-state index contributed by atoms with van der Waals surface area (Å²) in [5, 5.41) is 1.74. The maximum Gasteiger partial charge on any atom is 0.339 e. The van der Waals surface area contributed by atoms with Crippen molar-refractivity contribution >= 4 is 32.1 Å². The third kappa shape index (κ3) is 2.45. The molecule has 0 aliphatic heterocycles. The Kier molecular flexibility index (Phi) is 3.09. The molecule has 0 fully saturated rings. The highest BCUT2D eigenvalue weighted by Crippen LogP contribution is 2.32. The van der Waals surface area contributed by atoms with Gasteiger partial charge in [-0.1, -0.05) is 36.4 Å². The molecule has 0 spiro atoms. The third-order valence-corrected chi connectivity index (χ3v) is 4.85. The second-order valence-electron chi connectivity index (χ2n) is 5.11. The molecule has 0 amide bonds. The summed E-state index contributed by atoms with van der Waals surface area (Å²) in [7, 11) is -3.85. The first-order valence-electron chi connectivity index (χ1n) is 7.04. The van der Waals surface area contributed by atoms with E-state index in [0.717, 1.165) is 16.4 Å². The first-order chi connectivity index (χ1) is 11.1. The first kappa shape index (κ1) is 13.8. The number of para-hydroxylation sites is 1. The SMILES string of the molecule is O=S(=O)(Oc1ccc2oc3ccccc3c2c1)c1ccccc1. The maximum absolute atomic E-state index is 12.3. The van der Waals surface area contributed by atoms with Gasteiger partial charge in [0.15, 0.2) is 0 Å². The smallest absolute Gasteiger partial charge is 0.339 e. The van der Waals surface area contributed by atoms with Crippen molar-refractivity contribution in [2.45, 2.75) is 4.90 Å². The fourth-order valence-corrected chi connectivity index (χ4v) is 3.46. The molecule has 5 heteroatoms. The van der Waals surface area contributed by atoms with Gasteiger partial charge in [0.25, 0.3) is 0 Å². The quantitative estimate of drug-likeness (QED) is 0.526. The van der Waals surface area contributed by atoms with Gasteiger partial charge >= 0.3 is 10.1 Å². The summed E-state index contributed by atoms with van der Waals surface area (Å²) in [6.45, 7) is 0. The second kappa shape index (κ2) is 5.14. The summed E-state index contributed by atoms with van der Waals surface area (Å²) in [6, 6.07) is 20.6. The molecule has 3 aromatic carbocycles. The Bertz CT molecular complexity index is 1100. The van der Waals surface area contributed by atoms with Crippen LogP contribution < -0.4 is 4.18 Å². The molecule has 0 aliphatic carbocycles. The Morgan fingerprint density at radius 3 is 2.26 bits per heavy atom. The van der Waals surface area contributed by atoms with Crippen molar-refractivity contribution in [2.75, 3.05) is 0 Å². The van der Waals surface area contributed by atoms with Crippen LogP contribution in [0, 0.1) is 0 Å². The molecule has 4 nitrogen and oxygen atoms in total. The number of rotatable bonds is 3. The standard InChI is InChI=1S/C18H12O4S/c19-23(20,14-6-2-1-3-7-14)22-13-10-11-18-16(12-13)15-8-4-5-9-17(15)21-18/h1-12H. The molecule has 4 aromatic rings. The van der Waals surface area contributed by atoms with Gasteiger partial charge < -0.3 is 8.60 Å². The van der Waals surface area contributed by atoms with Crippen molar-refractivity contribution < 1.29 is 17.0 Å². The van der Waals surface area contributed by atoms with Crippen LogP contribution in [0.2, 0.25) is 0 Å². The Balaban J connectivity index is 1.79. The second-order valence-corrected chi connectivity index (χ2v) is 6.65. The zero-order valence-electron chi connectivity index (χ0n) is 12.0. The Hall–Kier alpha value is -2.79. The first-order valence-corrected chi connectivity index (χ1v) is 8.45. The Labute approximate surface area is 133 Å². The largest absolute Gasteiger partial charge is 0.456 e. The van der Waals surface area contributed by atoms with Gasteiger partial charge in [-0.25, -0.2) is 0 Å². The van der Waals surface area contributed by atoms with Crippen molar-refractivity contribution in [1.82, 2.24) is 0 Å². The van der Waals surface area contributed by atoms with E-state index in [4.69, 9.17) is 8.60 Å². The summed E-state index contributed by atoms with van der Waals surface area (Å²) in [5.41, 5.74) is 1.45. The van der Waals surface area contributed by atoms with Crippen LogP contribution in [0.5, 0.6) is 5.75 Å². The monoisotopic (exact) mass is 324 g/mol. The lowest BCUT2D eigenvalue weighted by atomic mass is 10.1. The lowest BCUT2D eigenvalue weighted by Crippen LogP contribution is -2.09. The van der Waals surface area contributed by atoms with Gasteiger partial charge in [0, 0.05) is 10.8 Å². The van der Waals surface area contributed by atoms with Crippen LogP contribution >= 0.6 is 0 Å². The van der Waals surface area contributed by atoms with Gasteiger partial charge in [0.2, 0.25) is 0 Å². The molecule has 4 rings (SSSR count). The minimum atomic E-state index is -3.85. The minimum Gasteiger partial charge on any atom is -0.456 e. The number of hydrogen-bond donors (Lipinski definition) is 0. The van der Waals surface area contributed by atoms with Gasteiger partial charge in [-0.15, -0.1) is 0 Å². The maximum atomic E-state index is 12.3. The van der Waals surface area contributed by atoms with E-state index >= 15 is 0 Å². The average molecular weight is 324 g/mol. The van der Waals surface area contributed by atoms with E-state index in [9.17, 15) is 8.42 Å². The molecule has 0 saturated heterocycles. The van der Waals surface area contributed by atoms with Crippen LogP contribution in [0.15, 0.2) is 82.1 Å². The fourth-order valence-electron chi connectivity index (χ4n) is 2.52. The topological polar surface area (TPSA) is 56.5 Å². The van der Waals surface area contributed by atoms with Gasteiger partial charge in [-0.2, -0.15) is 8.42 Å². The van der Waals surface area contributed by atoms with Gasteiger partial charge in [-0.05, 0) is 36.4 Å². The molecule has 0 saturated carbocycles. The Morgan fingerprint density at radius 2 is 1.43 bits per heavy atom. The van der Waals surface area contributed by atoms with Crippen molar-refractivity contribution in [3.63, 3.8) is 0 Å². The van der Waals surface area contributed by atoms with E-state index in [1.807, 2.05) is 24.3 Å². The van der Waals surface area contributed by atoms with Crippen molar-refractivity contribution in [1.29, 1.82) is 0 Å². The van der Waals surface area contributed by atoms with E-state index in [0.29, 0.717) is 5.58 Å². The molecule has 0 bridgehead atoms. The molecule has 23 heavy (non-hydrogen) atoms. The lowest BCUT2D eigenvalue weighted by molar-refractivity contribution is 0.486. The van der Waals surface area contributed by atoms with Crippen LogP contribution in [0.25, 0.3) is 21.9 Å². The number of furan rings is 1. The van der Waals surface area contributed by atoms with Crippen LogP contribution in [-0.2, 0) is 10.1 Å². The van der Waals surface area contributed by atoms with Crippen LogP contribution in [0.1, 0.15) is 0 Å². The molecular weight excluding hydrogens is 312 g/mol. The van der Waals surface area contributed by atoms with E-state index in [1.165, 1.54) is 12.1 Å². The van der Waals surface area contributed by atoms with E-state index in [2.05, 4.69) is 0 Å². The normalized spacial score (nSPS) is 11.8. The number of benzene rings is 3. The van der Waals surface area contributed by atoms with Gasteiger partial charge in [-0.3, -0.25) is 0 Å². The minimum absolute atomic E-state index is 0.122. The molecule has 0 radical (unpaired) electrons. The summed E-state index contributed by atoms with van der Waals surface area (Å²) in [6.07, 6.45) is 0. The number of fused-ring (bicyclic) bond motifs is 3. The van der Waals surface area contributed by atoms with E-state index in [1.54, 1.807) is 36.4 Å². The highest BCUT2D eigenvalue weighted by molar-refractivity contribution is 7.87. The van der Waals surface area contributed by atoms with Crippen molar-refractivity contribution in [3.8, 4) is 5.75 Å². The molecule has 0 unspecified atom stereocenters. The molecule has 114 valence electrons. The Morgan fingerprint density at radius 1 is 0.739 bits per heavy atom. The summed E-state index contributed by atoms with van der Waals surface area (Å²) in [5.74, 6) is 0.257. The number of hydrogen-bond acceptors (Lipinski definition) is 4. The average Bonchev–Trinajstić information content (AvgIpc) is 2.93. The fraction of sp³-hybridized carbons (Fsp3) is 0. The van der Waals surface area contributed by atoms with Gasteiger partial charge in [0.05, 0.1) is 0 Å². The third-order valence-electron chi connectivity index (χ3n) is 3.59. The zero-order chi connectivity index (χ0) is 15.9. The highest BCUT2D eigenvalue weighted by atomic mass is 32.2. The molecule has 0 aliphatic rings. The zero-order valence-corrected chi connectivity index (χ0v) is 12.8. The van der Waals surface area contributed by atoms with Crippen LogP contribution in [0.3, 0.4) is 0 Å². The predicted molar refractivity (Wildman–Crippen MR) is 88.0 cm³/mol. The van der Waals surface area contributed by atoms with Crippen molar-refractivity contribution in [3.05, 3.63) is 72.8 Å². The molecule has 1 aromatic heterocycles. The highest BCUT2D eigenvalue weighted by Gasteiger charge is 2.17. The molecule has 1 heterocycles. The summed E-state index contributed by atoms with van der Waals surface area (Å²) < 4.78 is 35.5. The van der Waals surface area contributed by atoms with Crippen LogP contribution in [-0.4, -0.2) is 8.42 Å². The van der Waals surface area contributed by atoms with Crippen LogP contribution in [0.4, 0.5) is 0 Å². The van der Waals surface area contributed by atoms with Crippen molar-refractivity contribution in [2.24, 2.45) is 0 Å². The summed E-state index contributed by atoms with van der Waals surface area (Å²) in [4.78, 5) is 0.122. The summed E-state index contributed by atoms with van der Waals surface area (Å²) >= 11 is 0. The van der Waals surface area contributed by atoms with Gasteiger partial charge in [0.1, 0.15) is 21.8 Å². The lowest BCUT2D eigenvalue weighted by Gasteiger charge is -2.06. The molecule has 0 N–H and O–H groups in total. The predicted octanol–water partition coefficient (Wildman–Crippen LogP) is 4.35.